The molecule has 0 bridgehead atoms. The number of aromatic nitrogens is 6. The first-order valence-electron chi connectivity index (χ1n) is 13.7. The number of methoxy groups -OCH3 is 2. The number of pyridine rings is 2. The SMILES string of the molecule is COc1ccc2ncc(=O)[nH]c2n1.COc1ccc2ncc(=O)n(C[C@@H]3CO3)c2n1.O=[N+]([O-])c1cccc(S(=O)(=O)OC[C@@H]2CO2)c1. The van der Waals surface area contributed by atoms with Gasteiger partial charge in [0.2, 0.25) is 11.8 Å². The third-order valence-electron chi connectivity index (χ3n) is 6.41. The summed E-state index contributed by atoms with van der Waals surface area (Å²) in [7, 11) is -0.901. The van der Waals surface area contributed by atoms with Crippen LogP contribution in [0.2, 0.25) is 0 Å². The molecule has 1 aromatic carbocycles. The van der Waals surface area contributed by atoms with E-state index in [0.29, 0.717) is 53.8 Å². The number of epoxide rings is 2. The number of nitro groups is 1. The van der Waals surface area contributed by atoms with Crippen LogP contribution in [0.1, 0.15) is 0 Å². The van der Waals surface area contributed by atoms with Gasteiger partial charge >= 0.3 is 0 Å². The maximum atomic E-state index is 11.8. The average Bonchev–Trinajstić information content (AvgIpc) is 4.02. The lowest BCUT2D eigenvalue weighted by molar-refractivity contribution is -0.385. The molecule has 2 atom stereocenters. The van der Waals surface area contributed by atoms with Gasteiger partial charge in [0.1, 0.15) is 22.0 Å². The molecule has 2 aliphatic rings. The van der Waals surface area contributed by atoms with E-state index in [-0.39, 0.29) is 40.5 Å². The minimum atomic E-state index is -3.96. The number of benzene rings is 1. The van der Waals surface area contributed by atoms with Crippen molar-refractivity contribution in [1.82, 2.24) is 29.5 Å². The fraction of sp³-hybridized carbons (Fsp3) is 0.286. The maximum absolute atomic E-state index is 11.8. The van der Waals surface area contributed by atoms with Gasteiger partial charge in [-0.15, -0.1) is 0 Å². The Morgan fingerprint density at radius 3 is 2.28 bits per heavy atom. The highest BCUT2D eigenvalue weighted by Crippen LogP contribution is 2.21. The molecule has 47 heavy (non-hydrogen) atoms. The Labute approximate surface area is 265 Å². The topological polar surface area (TPSA) is 236 Å². The van der Waals surface area contributed by atoms with Crippen molar-refractivity contribution in [3.8, 4) is 11.8 Å². The van der Waals surface area contributed by atoms with Crippen molar-refractivity contribution in [3.63, 3.8) is 0 Å². The first-order valence-corrected chi connectivity index (χ1v) is 15.1. The third-order valence-corrected chi connectivity index (χ3v) is 7.69. The van der Waals surface area contributed by atoms with Crippen LogP contribution in [-0.4, -0.2) is 89.1 Å². The molecular formula is C28H27N7O11S. The second kappa shape index (κ2) is 14.4. The zero-order valence-corrected chi connectivity index (χ0v) is 25.7. The molecule has 4 aromatic heterocycles. The van der Waals surface area contributed by atoms with Crippen LogP contribution in [0.25, 0.3) is 22.3 Å². The zero-order chi connectivity index (χ0) is 33.6. The van der Waals surface area contributed by atoms with Gasteiger partial charge in [0.15, 0.2) is 11.3 Å². The summed E-state index contributed by atoms with van der Waals surface area (Å²) in [6, 6.07) is 11.6. The van der Waals surface area contributed by atoms with Crippen LogP contribution >= 0.6 is 0 Å². The number of fused-ring (bicyclic) bond motifs is 2. The maximum Gasteiger partial charge on any atom is 0.297 e. The van der Waals surface area contributed by atoms with Crippen LogP contribution < -0.4 is 20.6 Å². The van der Waals surface area contributed by atoms with Gasteiger partial charge < -0.3 is 23.9 Å². The molecule has 19 heteroatoms. The van der Waals surface area contributed by atoms with E-state index in [1.165, 1.54) is 44.8 Å². The van der Waals surface area contributed by atoms with Gasteiger partial charge in [-0.25, -0.2) is 9.97 Å². The van der Waals surface area contributed by atoms with Gasteiger partial charge in [-0.3, -0.25) is 28.5 Å². The third kappa shape index (κ3) is 8.88. The summed E-state index contributed by atoms with van der Waals surface area (Å²) in [6.07, 6.45) is 2.45. The molecule has 0 spiro atoms. The number of aromatic amines is 1. The first-order chi connectivity index (χ1) is 22.6. The summed E-state index contributed by atoms with van der Waals surface area (Å²) in [4.78, 5) is 51.0. The second-order valence-electron chi connectivity index (χ2n) is 9.78. The quantitative estimate of drug-likeness (QED) is 0.100. The highest BCUT2D eigenvalue weighted by atomic mass is 32.2. The normalized spacial score (nSPS) is 16.3. The summed E-state index contributed by atoms with van der Waals surface area (Å²) in [6.45, 7) is 1.62. The number of nitrogens with one attached hydrogen (secondary N) is 1. The number of H-pyrrole nitrogens is 1. The summed E-state index contributed by atoms with van der Waals surface area (Å²) in [5, 5.41) is 10.5. The Morgan fingerprint density at radius 1 is 0.957 bits per heavy atom. The molecule has 0 unspecified atom stereocenters. The summed E-state index contributed by atoms with van der Waals surface area (Å²) in [5.74, 6) is 0.923. The van der Waals surface area contributed by atoms with Crippen LogP contribution in [0.15, 0.2) is 75.4 Å². The molecule has 0 radical (unpaired) electrons. The largest absolute Gasteiger partial charge is 0.481 e. The monoisotopic (exact) mass is 669 g/mol. The Bertz CT molecular complexity index is 2130. The van der Waals surface area contributed by atoms with Crippen molar-refractivity contribution in [2.75, 3.05) is 34.0 Å². The van der Waals surface area contributed by atoms with Crippen molar-refractivity contribution in [3.05, 3.63) is 91.7 Å². The lowest BCUT2D eigenvalue weighted by atomic mass is 10.3. The Balaban J connectivity index is 0.000000140. The van der Waals surface area contributed by atoms with Gasteiger partial charge in [0.05, 0.1) is 64.0 Å². The molecular weight excluding hydrogens is 642 g/mol. The number of rotatable bonds is 9. The fourth-order valence-corrected chi connectivity index (χ4v) is 4.84. The van der Waals surface area contributed by atoms with Crippen molar-refractivity contribution in [1.29, 1.82) is 0 Å². The number of ether oxygens (including phenoxy) is 4. The first kappa shape index (κ1) is 33.0. The smallest absolute Gasteiger partial charge is 0.297 e. The molecule has 246 valence electrons. The fourth-order valence-electron chi connectivity index (χ4n) is 3.86. The molecule has 18 nitrogen and oxygen atoms in total. The lowest BCUT2D eigenvalue weighted by Gasteiger charge is -2.07. The van der Waals surface area contributed by atoms with E-state index in [1.807, 2.05) is 0 Å². The predicted molar refractivity (Wildman–Crippen MR) is 163 cm³/mol. The predicted octanol–water partition coefficient (Wildman–Crippen LogP) is 1.22. The molecule has 6 heterocycles. The minimum Gasteiger partial charge on any atom is -0.481 e. The second-order valence-corrected chi connectivity index (χ2v) is 11.4. The number of hydrogen-bond donors (Lipinski definition) is 1. The van der Waals surface area contributed by atoms with Crippen molar-refractivity contribution < 1.29 is 36.5 Å². The van der Waals surface area contributed by atoms with E-state index >= 15 is 0 Å². The van der Waals surface area contributed by atoms with Gasteiger partial charge in [-0.2, -0.15) is 18.4 Å². The van der Waals surface area contributed by atoms with Crippen LogP contribution in [0.4, 0.5) is 5.69 Å². The number of non-ortho nitro benzene ring substituents is 1. The molecule has 0 amide bonds. The van der Waals surface area contributed by atoms with Crippen LogP contribution in [-0.2, 0) is 30.3 Å². The highest BCUT2D eigenvalue weighted by Gasteiger charge is 2.27. The standard InChI is InChI=1S/C11H11N3O3.C9H9NO6S.C8H7N3O2/c1-16-9-3-2-8-11(13-9)14(5-7-6-17-7)10(15)4-12-8;11-10(12)7-2-1-3-9(4-7)17(13,14)16-6-8-5-15-8;1-13-7-3-2-5-8(11-7)10-6(12)4-9-5/h2-4,7H,5-6H2,1H3;1-4,8H,5-6H2;2-4H,1H3,(H,10,11,12)/t7-;8-;/m10./s1. The molecule has 0 saturated carbocycles. The van der Waals surface area contributed by atoms with Gasteiger partial charge in [0.25, 0.3) is 26.9 Å². The Kier molecular flexibility index (Phi) is 10.1. The van der Waals surface area contributed by atoms with E-state index in [4.69, 9.17) is 23.1 Å². The molecule has 1 N–H and O–H groups in total. The van der Waals surface area contributed by atoms with E-state index in [1.54, 1.807) is 28.8 Å². The lowest BCUT2D eigenvalue weighted by Crippen LogP contribution is -2.23. The number of nitro benzene ring substituents is 1. The van der Waals surface area contributed by atoms with E-state index < -0.39 is 15.0 Å². The molecule has 2 fully saturated rings. The number of nitrogens with zero attached hydrogens (tertiary/aromatic N) is 6. The average molecular weight is 670 g/mol. The molecule has 2 aliphatic heterocycles. The van der Waals surface area contributed by atoms with Crippen LogP contribution in [0.3, 0.4) is 0 Å². The van der Waals surface area contributed by atoms with Crippen LogP contribution in [0.5, 0.6) is 11.8 Å². The summed E-state index contributed by atoms with van der Waals surface area (Å²) in [5.41, 5.74) is 1.55. The molecule has 0 aliphatic carbocycles. The summed E-state index contributed by atoms with van der Waals surface area (Å²) >= 11 is 0. The molecule has 5 aromatic rings. The summed E-state index contributed by atoms with van der Waals surface area (Å²) < 4.78 is 49.4. The highest BCUT2D eigenvalue weighted by molar-refractivity contribution is 7.86. The Morgan fingerprint density at radius 2 is 1.62 bits per heavy atom. The van der Waals surface area contributed by atoms with E-state index in [0.717, 1.165) is 6.07 Å². The van der Waals surface area contributed by atoms with Gasteiger partial charge in [0, 0.05) is 24.3 Å². The minimum absolute atomic E-state index is 0.0645. The molecule has 2 saturated heterocycles. The van der Waals surface area contributed by atoms with Crippen molar-refractivity contribution >= 4 is 38.1 Å². The molecule has 7 rings (SSSR count). The van der Waals surface area contributed by atoms with E-state index in [9.17, 15) is 28.1 Å². The van der Waals surface area contributed by atoms with Crippen molar-refractivity contribution in [2.45, 2.75) is 23.6 Å². The zero-order valence-electron chi connectivity index (χ0n) is 24.8. The number of hydrogen-bond acceptors (Lipinski definition) is 15. The van der Waals surface area contributed by atoms with E-state index in [2.05, 4.69) is 24.9 Å². The van der Waals surface area contributed by atoms with Crippen LogP contribution in [0, 0.1) is 10.1 Å². The van der Waals surface area contributed by atoms with Crippen molar-refractivity contribution in [2.24, 2.45) is 0 Å². The van der Waals surface area contributed by atoms with Gasteiger partial charge in [-0.05, 0) is 18.2 Å². The van der Waals surface area contributed by atoms with Gasteiger partial charge in [-0.1, -0.05) is 6.07 Å². The Hall–Kier alpha value is -5.37.